The first-order valence-corrected chi connectivity index (χ1v) is 6.61. The maximum absolute atomic E-state index is 12.6. The Hall–Kier alpha value is -0.290. The highest BCUT2D eigenvalue weighted by molar-refractivity contribution is 9.09. The van der Waals surface area contributed by atoms with Crippen LogP contribution in [0.4, 0.5) is 8.78 Å². The van der Waals surface area contributed by atoms with Crippen molar-refractivity contribution in [2.45, 2.75) is 23.5 Å². The quantitative estimate of drug-likeness (QED) is 0.724. The molecule has 0 bridgehead atoms. The van der Waals surface area contributed by atoms with Crippen LogP contribution in [-0.4, -0.2) is 5.78 Å². The summed E-state index contributed by atoms with van der Waals surface area (Å²) in [5.41, 5.74) is 1.25. The van der Waals surface area contributed by atoms with E-state index in [2.05, 4.69) is 31.9 Å². The number of benzene rings is 1. The predicted octanol–water partition coefficient (Wildman–Crippen LogP) is 4.54. The fourth-order valence-corrected chi connectivity index (χ4v) is 1.92. The number of carbonyl (C=O) groups excluding carboxylic acids is 1. The third-order valence-electron chi connectivity index (χ3n) is 2.09. The van der Waals surface area contributed by atoms with E-state index in [1.54, 1.807) is 6.07 Å². The van der Waals surface area contributed by atoms with Gasteiger partial charge in [0, 0.05) is 10.9 Å². The van der Waals surface area contributed by atoms with E-state index in [9.17, 15) is 13.6 Å². The summed E-state index contributed by atoms with van der Waals surface area (Å²) in [6.45, 7) is 1.42. The van der Waals surface area contributed by atoms with Crippen molar-refractivity contribution in [3.8, 4) is 0 Å². The van der Waals surface area contributed by atoms with Crippen LogP contribution in [0.25, 0.3) is 0 Å². The van der Waals surface area contributed by atoms with Gasteiger partial charge in [-0.25, -0.2) is 8.78 Å². The van der Waals surface area contributed by atoms with E-state index in [1.165, 1.54) is 19.1 Å². The van der Waals surface area contributed by atoms with E-state index in [4.69, 9.17) is 0 Å². The molecule has 1 aromatic rings. The van der Waals surface area contributed by atoms with Crippen LogP contribution >= 0.6 is 31.9 Å². The zero-order valence-electron chi connectivity index (χ0n) is 8.51. The molecule has 1 rings (SSSR count). The van der Waals surface area contributed by atoms with E-state index < -0.39 is 11.3 Å². The van der Waals surface area contributed by atoms with Gasteiger partial charge < -0.3 is 0 Å². The summed E-state index contributed by atoms with van der Waals surface area (Å²) in [5.74, 6) is -0.105. The number of Topliss-reactive ketones (excluding diaryl/α,β-unsaturated/α-hetero) is 1. The highest BCUT2D eigenvalue weighted by Crippen LogP contribution is 2.30. The van der Waals surface area contributed by atoms with Crippen molar-refractivity contribution in [1.82, 2.24) is 0 Å². The van der Waals surface area contributed by atoms with Crippen molar-refractivity contribution in [1.29, 1.82) is 0 Å². The molecule has 0 amide bonds. The Morgan fingerprint density at radius 2 is 1.88 bits per heavy atom. The van der Waals surface area contributed by atoms with Crippen LogP contribution < -0.4 is 0 Å². The second-order valence-electron chi connectivity index (χ2n) is 3.42. The second-order valence-corrected chi connectivity index (χ2v) is 4.89. The van der Waals surface area contributed by atoms with Gasteiger partial charge in [0.05, 0.1) is 4.83 Å². The third-order valence-corrected chi connectivity index (χ3v) is 3.91. The van der Waals surface area contributed by atoms with Gasteiger partial charge >= 0.3 is 0 Å². The SMILES string of the molecule is CC(=O)C(Br)c1cc(CBr)cc(C(F)F)c1. The Balaban J connectivity index is 3.18. The lowest BCUT2D eigenvalue weighted by Crippen LogP contribution is -2.03. The molecule has 0 heterocycles. The monoisotopic (exact) mass is 354 g/mol. The molecule has 0 saturated heterocycles. The lowest BCUT2D eigenvalue weighted by molar-refractivity contribution is -0.116. The number of rotatable bonds is 4. The first-order chi connectivity index (χ1) is 7.45. The van der Waals surface area contributed by atoms with E-state index >= 15 is 0 Å². The molecular weight excluding hydrogens is 346 g/mol. The summed E-state index contributed by atoms with van der Waals surface area (Å²) in [6.07, 6.45) is -2.52. The first kappa shape index (κ1) is 13.8. The molecule has 16 heavy (non-hydrogen) atoms. The molecule has 0 radical (unpaired) electrons. The van der Waals surface area contributed by atoms with Crippen molar-refractivity contribution in [3.63, 3.8) is 0 Å². The molecule has 1 nitrogen and oxygen atoms in total. The van der Waals surface area contributed by atoms with Crippen LogP contribution in [0.2, 0.25) is 0 Å². The smallest absolute Gasteiger partial charge is 0.263 e. The van der Waals surface area contributed by atoms with Gasteiger partial charge in [0.25, 0.3) is 6.43 Å². The van der Waals surface area contributed by atoms with Gasteiger partial charge in [-0.3, -0.25) is 4.79 Å². The largest absolute Gasteiger partial charge is 0.298 e. The number of carbonyl (C=O) groups is 1. The normalized spacial score (nSPS) is 12.9. The maximum atomic E-state index is 12.6. The van der Waals surface area contributed by atoms with Crippen molar-refractivity contribution in [2.75, 3.05) is 0 Å². The molecule has 0 fully saturated rings. The molecule has 0 aromatic heterocycles. The molecule has 1 unspecified atom stereocenters. The molecule has 0 saturated carbocycles. The summed E-state index contributed by atoms with van der Waals surface area (Å²) >= 11 is 6.40. The summed E-state index contributed by atoms with van der Waals surface area (Å²) < 4.78 is 25.2. The second kappa shape index (κ2) is 5.87. The van der Waals surface area contributed by atoms with Crippen molar-refractivity contribution in [2.24, 2.45) is 0 Å². The van der Waals surface area contributed by atoms with Crippen molar-refractivity contribution >= 4 is 37.6 Å². The number of hydrogen-bond acceptors (Lipinski definition) is 1. The van der Waals surface area contributed by atoms with Crippen LogP contribution in [0.5, 0.6) is 0 Å². The fraction of sp³-hybridized carbons (Fsp3) is 0.364. The molecule has 0 aliphatic heterocycles. The molecule has 88 valence electrons. The minimum atomic E-state index is -2.52. The number of hydrogen-bond donors (Lipinski definition) is 0. The minimum absolute atomic E-state index is 0.0577. The van der Waals surface area contributed by atoms with Gasteiger partial charge in [-0.15, -0.1) is 0 Å². The van der Waals surface area contributed by atoms with E-state index in [-0.39, 0.29) is 11.3 Å². The summed E-state index contributed by atoms with van der Waals surface area (Å²) in [7, 11) is 0. The summed E-state index contributed by atoms with van der Waals surface area (Å²) in [5, 5.41) is 0.484. The molecule has 5 heteroatoms. The van der Waals surface area contributed by atoms with Crippen LogP contribution in [0.1, 0.15) is 34.9 Å². The maximum Gasteiger partial charge on any atom is 0.263 e. The predicted molar refractivity (Wildman–Crippen MR) is 66.4 cm³/mol. The van der Waals surface area contributed by atoms with E-state index in [0.29, 0.717) is 10.9 Å². The van der Waals surface area contributed by atoms with Gasteiger partial charge in [0.15, 0.2) is 0 Å². The summed E-state index contributed by atoms with van der Waals surface area (Å²) in [4.78, 5) is 10.7. The lowest BCUT2D eigenvalue weighted by atomic mass is 10.0. The molecule has 0 aliphatic rings. The Bertz CT molecular complexity index is 394. The molecular formula is C11H10Br2F2O. The highest BCUT2D eigenvalue weighted by atomic mass is 79.9. The number of halogens is 4. The molecule has 0 N–H and O–H groups in total. The summed E-state index contributed by atoms with van der Waals surface area (Å²) in [6, 6.07) is 4.53. The molecule has 1 atom stereocenters. The number of alkyl halides is 4. The van der Waals surface area contributed by atoms with E-state index in [1.807, 2.05) is 0 Å². The topological polar surface area (TPSA) is 17.1 Å². The fourth-order valence-electron chi connectivity index (χ4n) is 1.33. The van der Waals surface area contributed by atoms with Gasteiger partial charge in [-0.2, -0.15) is 0 Å². The zero-order valence-corrected chi connectivity index (χ0v) is 11.7. The highest BCUT2D eigenvalue weighted by Gasteiger charge is 2.16. The minimum Gasteiger partial charge on any atom is -0.298 e. The van der Waals surface area contributed by atoms with Crippen LogP contribution in [0.3, 0.4) is 0 Å². The first-order valence-electron chi connectivity index (χ1n) is 4.58. The van der Waals surface area contributed by atoms with Gasteiger partial charge in [0.2, 0.25) is 0 Å². The molecule has 0 spiro atoms. The Labute approximate surface area is 109 Å². The van der Waals surface area contributed by atoms with Crippen molar-refractivity contribution in [3.05, 3.63) is 34.9 Å². The van der Waals surface area contributed by atoms with Crippen molar-refractivity contribution < 1.29 is 13.6 Å². The van der Waals surface area contributed by atoms with Gasteiger partial charge in [0.1, 0.15) is 5.78 Å². The standard InChI is InChI=1S/C11H10Br2F2O/c1-6(16)10(13)8-2-7(5-12)3-9(4-8)11(14)15/h2-4,10-11H,5H2,1H3. The zero-order chi connectivity index (χ0) is 12.3. The van der Waals surface area contributed by atoms with Gasteiger partial charge in [-0.05, 0) is 30.2 Å². The van der Waals surface area contributed by atoms with Gasteiger partial charge in [-0.1, -0.05) is 37.9 Å². The van der Waals surface area contributed by atoms with E-state index in [0.717, 1.165) is 5.56 Å². The Kier molecular flexibility index (Phi) is 5.05. The average molecular weight is 356 g/mol. The third kappa shape index (κ3) is 3.35. The average Bonchev–Trinajstić information content (AvgIpc) is 2.27. The van der Waals surface area contributed by atoms with Crippen LogP contribution in [0, 0.1) is 0 Å². The van der Waals surface area contributed by atoms with Crippen LogP contribution in [-0.2, 0) is 10.1 Å². The molecule has 0 aliphatic carbocycles. The molecule has 1 aromatic carbocycles. The Morgan fingerprint density at radius 3 is 2.31 bits per heavy atom. The number of ketones is 1. The van der Waals surface area contributed by atoms with Crippen LogP contribution in [0.15, 0.2) is 18.2 Å². The lowest BCUT2D eigenvalue weighted by Gasteiger charge is -2.11. The Morgan fingerprint density at radius 1 is 1.31 bits per heavy atom.